The number of amides is 1. The standard InChI is InChI=1S/C16H20N4O2S3/c1-11(24-16-19-18-15(23-2)25-16)14(21)17-12-3-5-13(6-4-12)20-7-9-22-10-8-20/h3-6,11H,7-10H2,1-2H3,(H,17,21)/t11-/m1/s1. The zero-order valence-electron chi connectivity index (χ0n) is 14.1. The van der Waals surface area contributed by atoms with Gasteiger partial charge < -0.3 is 15.0 Å². The molecule has 0 spiro atoms. The number of hydrogen-bond donors (Lipinski definition) is 1. The SMILES string of the molecule is CSc1nnc(S[C@H](C)C(=O)Nc2ccc(N3CCOCC3)cc2)s1. The molecule has 0 bridgehead atoms. The minimum absolute atomic E-state index is 0.0370. The van der Waals surface area contributed by atoms with Crippen molar-refractivity contribution >= 4 is 52.1 Å². The molecule has 0 saturated carbocycles. The van der Waals surface area contributed by atoms with E-state index >= 15 is 0 Å². The molecule has 1 aromatic heterocycles. The topological polar surface area (TPSA) is 67.4 Å². The third-order valence-corrected chi connectivity index (χ3v) is 6.80. The number of hydrogen-bond acceptors (Lipinski definition) is 8. The Kier molecular flexibility index (Phi) is 6.57. The number of carbonyl (C=O) groups is 1. The van der Waals surface area contributed by atoms with Gasteiger partial charge in [-0.3, -0.25) is 4.79 Å². The van der Waals surface area contributed by atoms with E-state index in [2.05, 4.69) is 20.4 Å². The molecule has 3 rings (SSSR count). The Hall–Kier alpha value is -1.29. The van der Waals surface area contributed by atoms with Gasteiger partial charge in [-0.2, -0.15) is 0 Å². The number of benzene rings is 1. The molecule has 1 aliphatic heterocycles. The van der Waals surface area contributed by atoms with Gasteiger partial charge in [0.2, 0.25) is 5.91 Å². The molecule has 1 N–H and O–H groups in total. The maximum atomic E-state index is 12.4. The quantitative estimate of drug-likeness (QED) is 0.752. The fourth-order valence-electron chi connectivity index (χ4n) is 2.35. The lowest BCUT2D eigenvalue weighted by molar-refractivity contribution is -0.115. The van der Waals surface area contributed by atoms with E-state index < -0.39 is 0 Å². The normalized spacial score (nSPS) is 15.8. The van der Waals surface area contributed by atoms with Crippen LogP contribution in [0.4, 0.5) is 11.4 Å². The van der Waals surface area contributed by atoms with Crippen LogP contribution in [0.5, 0.6) is 0 Å². The van der Waals surface area contributed by atoms with Gasteiger partial charge in [0.1, 0.15) is 0 Å². The Morgan fingerprint density at radius 1 is 1.24 bits per heavy atom. The number of aromatic nitrogens is 2. The lowest BCUT2D eigenvalue weighted by Crippen LogP contribution is -2.36. The summed E-state index contributed by atoms with van der Waals surface area (Å²) in [5.41, 5.74) is 1.96. The number of nitrogens with one attached hydrogen (secondary N) is 1. The van der Waals surface area contributed by atoms with E-state index in [-0.39, 0.29) is 11.2 Å². The van der Waals surface area contributed by atoms with Crippen LogP contribution in [-0.4, -0.2) is 53.9 Å². The predicted octanol–water partition coefficient (Wildman–Crippen LogP) is 3.22. The Morgan fingerprint density at radius 3 is 2.56 bits per heavy atom. The lowest BCUT2D eigenvalue weighted by atomic mass is 10.2. The first-order valence-electron chi connectivity index (χ1n) is 7.93. The van der Waals surface area contributed by atoms with Gasteiger partial charge in [0, 0.05) is 24.5 Å². The van der Waals surface area contributed by atoms with Crippen LogP contribution in [0.2, 0.25) is 0 Å². The number of rotatable bonds is 6. The van der Waals surface area contributed by atoms with Crippen molar-refractivity contribution in [3.05, 3.63) is 24.3 Å². The van der Waals surface area contributed by atoms with Crippen molar-refractivity contribution in [3.63, 3.8) is 0 Å². The first-order valence-corrected chi connectivity index (χ1v) is 10.9. The molecule has 1 aliphatic rings. The minimum atomic E-state index is -0.235. The van der Waals surface area contributed by atoms with E-state index in [4.69, 9.17) is 4.74 Å². The van der Waals surface area contributed by atoms with Crippen molar-refractivity contribution in [2.75, 3.05) is 42.8 Å². The van der Waals surface area contributed by atoms with Crippen LogP contribution in [0.15, 0.2) is 32.9 Å². The maximum Gasteiger partial charge on any atom is 0.237 e. The summed E-state index contributed by atoms with van der Waals surface area (Å²) in [6.07, 6.45) is 1.96. The van der Waals surface area contributed by atoms with E-state index in [0.717, 1.165) is 46.4 Å². The zero-order chi connectivity index (χ0) is 17.6. The number of morpholine rings is 1. The number of ether oxygens (including phenoxy) is 1. The highest BCUT2D eigenvalue weighted by atomic mass is 32.2. The first kappa shape index (κ1) is 18.5. The van der Waals surface area contributed by atoms with E-state index in [0.29, 0.717) is 0 Å². The summed E-state index contributed by atoms with van der Waals surface area (Å²) in [6, 6.07) is 7.95. The summed E-state index contributed by atoms with van der Waals surface area (Å²) in [7, 11) is 0. The second-order valence-corrected chi connectivity index (χ2v) is 9.05. The molecule has 9 heteroatoms. The molecule has 1 saturated heterocycles. The lowest BCUT2D eigenvalue weighted by Gasteiger charge is -2.28. The molecule has 1 amide bonds. The van der Waals surface area contributed by atoms with Gasteiger partial charge in [0.15, 0.2) is 8.68 Å². The summed E-state index contributed by atoms with van der Waals surface area (Å²) in [5, 5.41) is 10.9. The van der Waals surface area contributed by atoms with Gasteiger partial charge in [-0.05, 0) is 37.4 Å². The number of carbonyl (C=O) groups excluding carboxylic acids is 1. The van der Waals surface area contributed by atoms with Crippen LogP contribution in [0, 0.1) is 0 Å². The summed E-state index contributed by atoms with van der Waals surface area (Å²) in [4.78, 5) is 14.7. The third-order valence-electron chi connectivity index (χ3n) is 3.72. The molecular formula is C16H20N4O2S3. The van der Waals surface area contributed by atoms with Crippen LogP contribution in [0.3, 0.4) is 0 Å². The zero-order valence-corrected chi connectivity index (χ0v) is 16.5. The van der Waals surface area contributed by atoms with Crippen LogP contribution in [-0.2, 0) is 9.53 Å². The van der Waals surface area contributed by atoms with Crippen LogP contribution >= 0.6 is 34.9 Å². The van der Waals surface area contributed by atoms with Crippen molar-refractivity contribution < 1.29 is 9.53 Å². The monoisotopic (exact) mass is 396 g/mol. The molecule has 1 atom stereocenters. The van der Waals surface area contributed by atoms with Gasteiger partial charge in [-0.1, -0.05) is 34.9 Å². The molecular weight excluding hydrogens is 376 g/mol. The molecule has 1 fully saturated rings. The fourth-order valence-corrected chi connectivity index (χ4v) is 4.94. The van der Waals surface area contributed by atoms with Gasteiger partial charge in [-0.15, -0.1) is 10.2 Å². The molecule has 0 radical (unpaired) electrons. The Balaban J connectivity index is 1.54. The Morgan fingerprint density at radius 2 is 1.92 bits per heavy atom. The van der Waals surface area contributed by atoms with Gasteiger partial charge in [0.05, 0.1) is 18.5 Å². The second-order valence-electron chi connectivity index (χ2n) is 5.43. The maximum absolute atomic E-state index is 12.4. The number of thioether (sulfide) groups is 2. The molecule has 1 aromatic carbocycles. The Labute approximate surface area is 159 Å². The molecule has 134 valence electrons. The van der Waals surface area contributed by atoms with Crippen LogP contribution < -0.4 is 10.2 Å². The molecule has 0 unspecified atom stereocenters. The molecule has 6 nitrogen and oxygen atoms in total. The van der Waals surface area contributed by atoms with E-state index in [1.54, 1.807) is 11.8 Å². The van der Waals surface area contributed by atoms with Gasteiger partial charge in [-0.25, -0.2) is 0 Å². The minimum Gasteiger partial charge on any atom is -0.378 e. The van der Waals surface area contributed by atoms with Crippen molar-refractivity contribution in [3.8, 4) is 0 Å². The van der Waals surface area contributed by atoms with Crippen LogP contribution in [0.1, 0.15) is 6.92 Å². The van der Waals surface area contributed by atoms with Gasteiger partial charge in [0.25, 0.3) is 0 Å². The average Bonchev–Trinajstić information content (AvgIpc) is 3.10. The van der Waals surface area contributed by atoms with Crippen molar-refractivity contribution in [1.29, 1.82) is 0 Å². The van der Waals surface area contributed by atoms with E-state index in [1.165, 1.54) is 23.1 Å². The van der Waals surface area contributed by atoms with E-state index in [9.17, 15) is 4.79 Å². The van der Waals surface area contributed by atoms with E-state index in [1.807, 2.05) is 37.4 Å². The number of anilines is 2. The number of nitrogens with zero attached hydrogens (tertiary/aromatic N) is 3. The molecule has 2 aromatic rings. The highest BCUT2D eigenvalue weighted by molar-refractivity contribution is 8.03. The molecule has 0 aliphatic carbocycles. The summed E-state index contributed by atoms with van der Waals surface area (Å²) < 4.78 is 7.10. The van der Waals surface area contributed by atoms with Gasteiger partial charge >= 0.3 is 0 Å². The highest BCUT2D eigenvalue weighted by Crippen LogP contribution is 2.30. The third kappa shape index (κ3) is 5.10. The van der Waals surface area contributed by atoms with Crippen molar-refractivity contribution in [2.24, 2.45) is 0 Å². The first-order chi connectivity index (χ1) is 12.2. The van der Waals surface area contributed by atoms with Crippen molar-refractivity contribution in [1.82, 2.24) is 10.2 Å². The highest BCUT2D eigenvalue weighted by Gasteiger charge is 2.17. The second kappa shape index (κ2) is 8.88. The predicted molar refractivity (Wildman–Crippen MR) is 105 cm³/mol. The van der Waals surface area contributed by atoms with Crippen molar-refractivity contribution in [2.45, 2.75) is 20.9 Å². The molecule has 25 heavy (non-hydrogen) atoms. The summed E-state index contributed by atoms with van der Waals surface area (Å²) >= 11 is 4.50. The molecule has 2 heterocycles. The summed E-state index contributed by atoms with van der Waals surface area (Å²) in [6.45, 7) is 5.20. The smallest absolute Gasteiger partial charge is 0.237 e. The van der Waals surface area contributed by atoms with Crippen LogP contribution in [0.25, 0.3) is 0 Å². The summed E-state index contributed by atoms with van der Waals surface area (Å²) in [5.74, 6) is -0.0370. The largest absolute Gasteiger partial charge is 0.378 e. The fraction of sp³-hybridized carbons (Fsp3) is 0.438. The average molecular weight is 397 g/mol. The Bertz CT molecular complexity index is 702.